The van der Waals surface area contributed by atoms with Crippen LogP contribution in [0.3, 0.4) is 0 Å². The number of hydrogen-bond acceptors (Lipinski definition) is 6. The molecule has 6 nitrogen and oxygen atoms in total. The Hall–Kier alpha value is -1.89. The molecule has 1 unspecified atom stereocenters. The molecule has 1 aromatic carbocycles. The molecule has 0 aliphatic rings. The van der Waals surface area contributed by atoms with E-state index in [4.69, 9.17) is 9.47 Å². The zero-order valence-corrected chi connectivity index (χ0v) is 16.0. The van der Waals surface area contributed by atoms with E-state index in [1.165, 1.54) is 19.4 Å². The summed E-state index contributed by atoms with van der Waals surface area (Å²) in [6.45, 7) is 7.08. The second-order valence-corrected chi connectivity index (χ2v) is 6.82. The number of carbonyl (C=O) groups is 2. The Balaban J connectivity index is 3.16. The third-order valence-corrected chi connectivity index (χ3v) is 3.66. The molecule has 0 saturated heterocycles. The number of rotatable bonds is 6. The minimum atomic E-state index is -0.685. The van der Waals surface area contributed by atoms with Crippen LogP contribution in [0.1, 0.15) is 33.3 Å². The summed E-state index contributed by atoms with van der Waals surface area (Å²) in [7, 11) is 1.30. The Bertz CT molecular complexity index is 640. The van der Waals surface area contributed by atoms with E-state index in [0.29, 0.717) is 10.0 Å². The first-order chi connectivity index (χ1) is 11.2. The molecule has 1 N–H and O–H groups in total. The lowest BCUT2D eigenvalue weighted by atomic mass is 10.1. The summed E-state index contributed by atoms with van der Waals surface area (Å²) in [5.74, 6) is -1.50. The number of aliphatic imine (C=N–C) groups is 1. The molecule has 0 fully saturated rings. The first kappa shape index (κ1) is 20.2. The molecule has 1 atom stereocenters. The van der Waals surface area contributed by atoms with Crippen LogP contribution in [0.4, 0.5) is 0 Å². The van der Waals surface area contributed by atoms with Crippen LogP contribution in [-0.2, 0) is 14.3 Å². The molecule has 24 heavy (non-hydrogen) atoms. The van der Waals surface area contributed by atoms with Gasteiger partial charge in [-0.2, -0.15) is 0 Å². The average Bonchev–Trinajstić information content (AvgIpc) is 2.50. The van der Waals surface area contributed by atoms with E-state index in [0.717, 1.165) is 0 Å². The molecular weight excluding hydrogens is 378 g/mol. The number of hydrogen-bond donors (Lipinski definition) is 1. The molecule has 0 heterocycles. The Kier molecular flexibility index (Phi) is 7.41. The molecule has 1 aromatic rings. The van der Waals surface area contributed by atoms with Crippen LogP contribution < -0.4 is 4.74 Å². The predicted octanol–water partition coefficient (Wildman–Crippen LogP) is 3.33. The highest BCUT2D eigenvalue weighted by Gasteiger charge is 2.22. The number of carbonyl (C=O) groups excluding carboxylic acids is 2. The van der Waals surface area contributed by atoms with Gasteiger partial charge < -0.3 is 14.6 Å². The van der Waals surface area contributed by atoms with Crippen LogP contribution in [-0.4, -0.2) is 36.4 Å². The van der Waals surface area contributed by atoms with Gasteiger partial charge >= 0.3 is 11.9 Å². The average molecular weight is 400 g/mol. The maximum atomic E-state index is 11.7. The van der Waals surface area contributed by atoms with Gasteiger partial charge in [0.25, 0.3) is 0 Å². The highest BCUT2D eigenvalue weighted by atomic mass is 79.9. The molecule has 0 saturated carbocycles. The molecule has 0 bridgehead atoms. The zero-order chi connectivity index (χ0) is 18.4. The quantitative estimate of drug-likeness (QED) is 0.450. The summed E-state index contributed by atoms with van der Waals surface area (Å²) in [5.41, 5.74) is 0.325. The summed E-state index contributed by atoms with van der Waals surface area (Å²) in [5, 5.41) is 10.3. The Labute approximate surface area is 150 Å². The normalized spacial score (nSPS) is 12.7. The highest BCUT2D eigenvalue weighted by Crippen LogP contribution is 2.33. The lowest BCUT2D eigenvalue weighted by molar-refractivity contribution is -0.143. The second kappa shape index (κ2) is 8.82. The lowest BCUT2D eigenvalue weighted by Gasteiger charge is -2.14. The van der Waals surface area contributed by atoms with Crippen molar-refractivity contribution in [3.05, 3.63) is 22.2 Å². The van der Waals surface area contributed by atoms with E-state index in [1.807, 2.05) is 13.8 Å². The maximum Gasteiger partial charge on any atom is 0.330 e. The second-order valence-electron chi connectivity index (χ2n) is 5.91. The monoisotopic (exact) mass is 399 g/mol. The van der Waals surface area contributed by atoms with Crippen molar-refractivity contribution in [3.8, 4) is 11.5 Å². The van der Waals surface area contributed by atoms with Gasteiger partial charge in [-0.1, -0.05) is 43.6 Å². The Morgan fingerprint density at radius 3 is 2.33 bits per heavy atom. The molecule has 0 aliphatic heterocycles. The van der Waals surface area contributed by atoms with Gasteiger partial charge in [0, 0.05) is 16.3 Å². The van der Waals surface area contributed by atoms with Crippen molar-refractivity contribution < 1.29 is 24.2 Å². The van der Waals surface area contributed by atoms with E-state index in [9.17, 15) is 14.7 Å². The van der Waals surface area contributed by atoms with Gasteiger partial charge in [0.15, 0.2) is 11.5 Å². The third kappa shape index (κ3) is 5.33. The largest absolute Gasteiger partial charge is 0.504 e. The van der Waals surface area contributed by atoms with Gasteiger partial charge in [-0.05, 0) is 18.1 Å². The van der Waals surface area contributed by atoms with Crippen LogP contribution in [0.15, 0.2) is 21.6 Å². The van der Waals surface area contributed by atoms with Gasteiger partial charge in [0.2, 0.25) is 0 Å². The van der Waals surface area contributed by atoms with Crippen molar-refractivity contribution >= 4 is 34.1 Å². The van der Waals surface area contributed by atoms with Crippen LogP contribution in [0.5, 0.6) is 11.5 Å². The molecule has 7 heteroatoms. The number of nitrogens with zero attached hydrogens (tertiary/aromatic N) is 1. The first-order valence-electron chi connectivity index (χ1n) is 7.52. The number of halogens is 1. The van der Waals surface area contributed by atoms with Crippen molar-refractivity contribution in [1.82, 2.24) is 0 Å². The van der Waals surface area contributed by atoms with E-state index in [2.05, 4.69) is 20.9 Å². The van der Waals surface area contributed by atoms with Gasteiger partial charge in [-0.25, -0.2) is 4.79 Å². The first-order valence-corrected chi connectivity index (χ1v) is 8.31. The van der Waals surface area contributed by atoms with Crippen molar-refractivity contribution in [2.24, 2.45) is 16.8 Å². The number of benzene rings is 1. The maximum absolute atomic E-state index is 11.7. The van der Waals surface area contributed by atoms with Gasteiger partial charge in [0.1, 0.15) is 6.04 Å². The van der Waals surface area contributed by atoms with Crippen molar-refractivity contribution in [2.45, 2.75) is 33.7 Å². The minimum Gasteiger partial charge on any atom is -0.504 e. The number of phenols is 1. The van der Waals surface area contributed by atoms with Crippen LogP contribution >= 0.6 is 15.9 Å². The lowest BCUT2D eigenvalue weighted by Crippen LogP contribution is -2.26. The van der Waals surface area contributed by atoms with Crippen LogP contribution in [0, 0.1) is 11.8 Å². The fourth-order valence-electron chi connectivity index (χ4n) is 1.78. The standard InChI is InChI=1S/C17H22BrNO5/c1-9(2)14(17(22)23-5)19-8-11-6-12(18)7-13(15(11)20)24-16(21)10(3)4/h6-10,14,20H,1-5H3. The van der Waals surface area contributed by atoms with Crippen LogP contribution in [0.2, 0.25) is 0 Å². The summed E-state index contributed by atoms with van der Waals surface area (Å²) in [4.78, 5) is 27.7. The molecule has 0 aliphatic carbocycles. The Morgan fingerprint density at radius 2 is 1.83 bits per heavy atom. The Morgan fingerprint density at radius 1 is 1.21 bits per heavy atom. The summed E-state index contributed by atoms with van der Waals surface area (Å²) in [6.07, 6.45) is 1.37. The van der Waals surface area contributed by atoms with Gasteiger partial charge in [-0.15, -0.1) is 0 Å². The van der Waals surface area contributed by atoms with E-state index in [-0.39, 0.29) is 23.3 Å². The van der Waals surface area contributed by atoms with E-state index >= 15 is 0 Å². The molecule has 0 radical (unpaired) electrons. The number of aromatic hydroxyl groups is 1. The number of esters is 2. The van der Waals surface area contributed by atoms with Crippen molar-refractivity contribution in [1.29, 1.82) is 0 Å². The zero-order valence-electron chi connectivity index (χ0n) is 14.4. The number of ether oxygens (including phenoxy) is 2. The smallest absolute Gasteiger partial charge is 0.330 e. The molecule has 0 aromatic heterocycles. The molecule has 0 amide bonds. The molecular formula is C17H22BrNO5. The van der Waals surface area contributed by atoms with Crippen molar-refractivity contribution in [2.75, 3.05) is 7.11 Å². The van der Waals surface area contributed by atoms with Crippen LogP contribution in [0.25, 0.3) is 0 Å². The number of methoxy groups -OCH3 is 1. The van der Waals surface area contributed by atoms with Gasteiger partial charge in [0.05, 0.1) is 13.0 Å². The fraction of sp³-hybridized carbons (Fsp3) is 0.471. The fourth-order valence-corrected chi connectivity index (χ4v) is 2.24. The van der Waals surface area contributed by atoms with Gasteiger partial charge in [-0.3, -0.25) is 9.79 Å². The summed E-state index contributed by atoms with van der Waals surface area (Å²) in [6, 6.07) is 2.42. The molecule has 1 rings (SSSR count). The summed E-state index contributed by atoms with van der Waals surface area (Å²) < 4.78 is 10.5. The van der Waals surface area contributed by atoms with E-state index < -0.39 is 18.0 Å². The minimum absolute atomic E-state index is 0.0312. The van der Waals surface area contributed by atoms with Crippen molar-refractivity contribution in [3.63, 3.8) is 0 Å². The summed E-state index contributed by atoms with van der Waals surface area (Å²) >= 11 is 3.30. The predicted molar refractivity (Wildman–Crippen MR) is 94.5 cm³/mol. The third-order valence-electron chi connectivity index (χ3n) is 3.20. The molecule has 0 spiro atoms. The molecule has 132 valence electrons. The highest BCUT2D eigenvalue weighted by molar-refractivity contribution is 9.10. The van der Waals surface area contributed by atoms with E-state index in [1.54, 1.807) is 19.9 Å². The topological polar surface area (TPSA) is 85.2 Å². The number of phenolic OH excluding ortho intramolecular Hbond substituents is 1. The SMILES string of the molecule is COC(=O)C(N=Cc1cc(Br)cc(OC(=O)C(C)C)c1O)C(C)C.